The number of Topliss-reactive ketones (excluding diaryl/α,β-unsaturated/α-hetero) is 1. The molecule has 4 nitrogen and oxygen atoms in total. The minimum atomic E-state index is -0.152. The Morgan fingerprint density at radius 2 is 2.42 bits per heavy atom. The number of aryl methyl sites for hydroxylation is 1. The number of hydrogen-bond donors (Lipinski definition) is 1. The van der Waals surface area contributed by atoms with Crippen LogP contribution in [0.4, 0.5) is 0 Å². The normalized spacial score (nSPS) is 12.9. The Bertz CT molecular complexity index is 280. The van der Waals surface area contributed by atoms with Gasteiger partial charge < -0.3 is 5.32 Å². The molecule has 1 atom stereocenters. The monoisotopic (exact) mass is 167 g/mol. The van der Waals surface area contributed by atoms with Crippen LogP contribution >= 0.6 is 0 Å². The number of aromatic nitrogens is 2. The van der Waals surface area contributed by atoms with Gasteiger partial charge in [0.1, 0.15) is 5.69 Å². The molecule has 0 aliphatic heterocycles. The van der Waals surface area contributed by atoms with Gasteiger partial charge in [-0.1, -0.05) is 0 Å². The summed E-state index contributed by atoms with van der Waals surface area (Å²) in [6.07, 6.45) is 1.62. The first-order chi connectivity index (χ1) is 5.66. The zero-order valence-electron chi connectivity index (χ0n) is 7.53. The van der Waals surface area contributed by atoms with Crippen LogP contribution in [0, 0.1) is 0 Å². The molecule has 0 aromatic carbocycles. The Hall–Kier alpha value is -1.16. The van der Waals surface area contributed by atoms with Gasteiger partial charge in [0, 0.05) is 13.2 Å². The molecule has 0 saturated heterocycles. The van der Waals surface area contributed by atoms with E-state index < -0.39 is 0 Å². The molecule has 1 aromatic rings. The molecule has 1 heterocycles. The highest BCUT2D eigenvalue weighted by atomic mass is 16.1. The second-order valence-electron chi connectivity index (χ2n) is 2.71. The van der Waals surface area contributed by atoms with Crippen molar-refractivity contribution in [3.8, 4) is 0 Å². The molecule has 1 aromatic heterocycles. The third-order valence-electron chi connectivity index (χ3n) is 1.90. The van der Waals surface area contributed by atoms with Crippen LogP contribution in [0.1, 0.15) is 17.4 Å². The summed E-state index contributed by atoms with van der Waals surface area (Å²) in [4.78, 5) is 11.5. The fourth-order valence-corrected chi connectivity index (χ4v) is 0.969. The van der Waals surface area contributed by atoms with Crippen LogP contribution in [0.5, 0.6) is 0 Å². The summed E-state index contributed by atoms with van der Waals surface area (Å²) < 4.78 is 1.58. The minimum absolute atomic E-state index is 0.0671. The van der Waals surface area contributed by atoms with Crippen molar-refractivity contribution in [2.45, 2.75) is 13.0 Å². The maximum absolute atomic E-state index is 11.5. The van der Waals surface area contributed by atoms with E-state index >= 15 is 0 Å². The summed E-state index contributed by atoms with van der Waals surface area (Å²) in [5, 5.41) is 6.81. The number of rotatable bonds is 3. The van der Waals surface area contributed by atoms with Gasteiger partial charge in [-0.3, -0.25) is 9.48 Å². The number of hydrogen-bond acceptors (Lipinski definition) is 3. The lowest BCUT2D eigenvalue weighted by Crippen LogP contribution is -2.31. The zero-order chi connectivity index (χ0) is 9.14. The molecule has 0 radical (unpaired) electrons. The van der Waals surface area contributed by atoms with Gasteiger partial charge in [-0.2, -0.15) is 5.10 Å². The van der Waals surface area contributed by atoms with E-state index in [9.17, 15) is 4.79 Å². The minimum Gasteiger partial charge on any atom is -0.310 e. The van der Waals surface area contributed by atoms with Crippen LogP contribution < -0.4 is 5.32 Å². The number of carbonyl (C=O) groups is 1. The van der Waals surface area contributed by atoms with Gasteiger partial charge in [0.2, 0.25) is 0 Å². The SMILES string of the molecule is CNC(C)C(=O)c1ccnn1C. The van der Waals surface area contributed by atoms with E-state index in [1.54, 1.807) is 31.0 Å². The van der Waals surface area contributed by atoms with Crippen LogP contribution in [-0.4, -0.2) is 28.7 Å². The molecule has 1 N–H and O–H groups in total. The Labute approximate surface area is 71.6 Å². The number of ketones is 1. The number of nitrogens with zero attached hydrogens (tertiary/aromatic N) is 2. The molecule has 0 bridgehead atoms. The van der Waals surface area contributed by atoms with E-state index in [1.165, 1.54) is 0 Å². The number of nitrogens with one attached hydrogen (secondary N) is 1. The highest BCUT2D eigenvalue weighted by Gasteiger charge is 2.15. The summed E-state index contributed by atoms with van der Waals surface area (Å²) in [5.74, 6) is 0.0671. The van der Waals surface area contributed by atoms with Crippen molar-refractivity contribution in [1.29, 1.82) is 0 Å². The second-order valence-corrected chi connectivity index (χ2v) is 2.71. The lowest BCUT2D eigenvalue weighted by atomic mass is 10.1. The lowest BCUT2D eigenvalue weighted by molar-refractivity contribution is 0.0945. The average Bonchev–Trinajstić information content (AvgIpc) is 2.48. The Balaban J connectivity index is 2.85. The largest absolute Gasteiger partial charge is 0.310 e. The highest BCUT2D eigenvalue weighted by molar-refractivity contribution is 5.98. The van der Waals surface area contributed by atoms with E-state index in [1.807, 2.05) is 6.92 Å². The smallest absolute Gasteiger partial charge is 0.197 e. The highest BCUT2D eigenvalue weighted by Crippen LogP contribution is 2.00. The van der Waals surface area contributed by atoms with Crippen molar-refractivity contribution >= 4 is 5.78 Å². The summed E-state index contributed by atoms with van der Waals surface area (Å²) in [6.45, 7) is 1.83. The summed E-state index contributed by atoms with van der Waals surface area (Å²) in [6, 6.07) is 1.57. The molecule has 0 aliphatic carbocycles. The maximum Gasteiger partial charge on any atom is 0.197 e. The van der Waals surface area contributed by atoms with Gasteiger partial charge in [-0.15, -0.1) is 0 Å². The Kier molecular flexibility index (Phi) is 2.60. The van der Waals surface area contributed by atoms with Crippen LogP contribution in [0.15, 0.2) is 12.3 Å². The third kappa shape index (κ3) is 1.53. The summed E-state index contributed by atoms with van der Waals surface area (Å²) >= 11 is 0. The molecule has 12 heavy (non-hydrogen) atoms. The van der Waals surface area contributed by atoms with Crippen LogP contribution in [0.3, 0.4) is 0 Å². The van der Waals surface area contributed by atoms with E-state index in [0.717, 1.165) is 0 Å². The van der Waals surface area contributed by atoms with Crippen molar-refractivity contribution in [2.75, 3.05) is 7.05 Å². The standard InChI is InChI=1S/C8H13N3O/c1-6(9-2)8(12)7-4-5-10-11(7)3/h4-6,9H,1-3H3. The van der Waals surface area contributed by atoms with Gasteiger partial charge in [0.15, 0.2) is 5.78 Å². The quantitative estimate of drug-likeness (QED) is 0.655. The topological polar surface area (TPSA) is 46.9 Å². The van der Waals surface area contributed by atoms with Crippen molar-refractivity contribution in [3.05, 3.63) is 18.0 Å². The first-order valence-corrected chi connectivity index (χ1v) is 3.86. The molecule has 1 rings (SSSR count). The molecule has 0 amide bonds. The van der Waals surface area contributed by atoms with E-state index in [4.69, 9.17) is 0 Å². The fourth-order valence-electron chi connectivity index (χ4n) is 0.969. The van der Waals surface area contributed by atoms with Crippen molar-refractivity contribution in [2.24, 2.45) is 7.05 Å². The summed E-state index contributed by atoms with van der Waals surface area (Å²) in [5.41, 5.74) is 0.636. The van der Waals surface area contributed by atoms with E-state index in [2.05, 4.69) is 10.4 Å². The average molecular weight is 167 g/mol. The number of likely N-dealkylation sites (N-methyl/N-ethyl adjacent to an activating group) is 1. The molecule has 0 saturated carbocycles. The first-order valence-electron chi connectivity index (χ1n) is 3.86. The predicted molar refractivity (Wildman–Crippen MR) is 46.1 cm³/mol. The predicted octanol–water partition coefficient (Wildman–Crippen LogP) is 0.211. The van der Waals surface area contributed by atoms with E-state index in [-0.39, 0.29) is 11.8 Å². The second kappa shape index (κ2) is 3.49. The van der Waals surface area contributed by atoms with Gasteiger partial charge in [-0.05, 0) is 20.0 Å². The van der Waals surface area contributed by atoms with E-state index in [0.29, 0.717) is 5.69 Å². The molecular weight excluding hydrogens is 154 g/mol. The molecule has 66 valence electrons. The third-order valence-corrected chi connectivity index (χ3v) is 1.90. The van der Waals surface area contributed by atoms with Crippen LogP contribution in [-0.2, 0) is 7.05 Å². The van der Waals surface area contributed by atoms with Crippen molar-refractivity contribution < 1.29 is 4.79 Å². The Morgan fingerprint density at radius 3 is 2.83 bits per heavy atom. The fraction of sp³-hybridized carbons (Fsp3) is 0.500. The first kappa shape index (κ1) is 8.93. The number of carbonyl (C=O) groups excluding carboxylic acids is 1. The Morgan fingerprint density at radius 1 is 1.75 bits per heavy atom. The van der Waals surface area contributed by atoms with Crippen LogP contribution in [0.25, 0.3) is 0 Å². The van der Waals surface area contributed by atoms with Crippen molar-refractivity contribution in [1.82, 2.24) is 15.1 Å². The molecule has 4 heteroatoms. The van der Waals surface area contributed by atoms with Crippen LogP contribution in [0.2, 0.25) is 0 Å². The maximum atomic E-state index is 11.5. The summed E-state index contributed by atoms with van der Waals surface area (Å²) in [7, 11) is 3.52. The molecular formula is C8H13N3O. The van der Waals surface area contributed by atoms with Gasteiger partial charge in [-0.25, -0.2) is 0 Å². The molecule has 1 unspecified atom stereocenters. The van der Waals surface area contributed by atoms with Gasteiger partial charge >= 0.3 is 0 Å². The molecule has 0 spiro atoms. The molecule has 0 aliphatic rings. The van der Waals surface area contributed by atoms with Gasteiger partial charge in [0.05, 0.1) is 6.04 Å². The zero-order valence-corrected chi connectivity index (χ0v) is 7.53. The van der Waals surface area contributed by atoms with Gasteiger partial charge in [0.25, 0.3) is 0 Å². The molecule has 0 fully saturated rings. The van der Waals surface area contributed by atoms with Crippen molar-refractivity contribution in [3.63, 3.8) is 0 Å². The lowest BCUT2D eigenvalue weighted by Gasteiger charge is -2.07.